The van der Waals surface area contributed by atoms with Gasteiger partial charge in [-0.3, -0.25) is 4.79 Å². The number of ether oxygens (including phenoxy) is 1. The van der Waals surface area contributed by atoms with Gasteiger partial charge in [0.1, 0.15) is 16.6 Å². The molecule has 3 aromatic rings. The standard InChI is InChI=1S/C17H17ClN4O2/c1-11(2)24-13-5-3-12(4-6-13)9-19-17(23)14-10-22-16(20-14)8-7-15(18)21-22/h3-8,10-11H,9H2,1-2H3,(H,19,23). The molecule has 1 N–H and O–H groups in total. The first-order valence-electron chi connectivity index (χ1n) is 7.57. The Morgan fingerprint density at radius 1 is 1.25 bits per heavy atom. The van der Waals surface area contributed by atoms with Gasteiger partial charge in [0.25, 0.3) is 5.91 Å². The molecule has 1 aromatic carbocycles. The zero-order valence-electron chi connectivity index (χ0n) is 13.4. The van der Waals surface area contributed by atoms with Gasteiger partial charge in [-0.15, -0.1) is 0 Å². The number of hydrogen-bond donors (Lipinski definition) is 1. The Morgan fingerprint density at radius 3 is 2.71 bits per heavy atom. The smallest absolute Gasteiger partial charge is 0.271 e. The molecule has 2 heterocycles. The molecule has 0 bridgehead atoms. The van der Waals surface area contributed by atoms with Crippen LogP contribution in [0.25, 0.3) is 5.65 Å². The summed E-state index contributed by atoms with van der Waals surface area (Å²) >= 11 is 5.82. The molecule has 6 nitrogen and oxygen atoms in total. The second-order valence-corrected chi connectivity index (χ2v) is 5.97. The van der Waals surface area contributed by atoms with Gasteiger partial charge < -0.3 is 10.1 Å². The van der Waals surface area contributed by atoms with Crippen LogP contribution in [0.2, 0.25) is 5.15 Å². The van der Waals surface area contributed by atoms with Crippen LogP contribution in [0.3, 0.4) is 0 Å². The number of nitrogens with zero attached hydrogens (tertiary/aromatic N) is 3. The molecule has 0 aliphatic heterocycles. The van der Waals surface area contributed by atoms with Crippen molar-refractivity contribution in [3.63, 3.8) is 0 Å². The molecule has 0 aliphatic carbocycles. The molecule has 24 heavy (non-hydrogen) atoms. The molecular formula is C17H17ClN4O2. The van der Waals surface area contributed by atoms with E-state index in [1.54, 1.807) is 18.3 Å². The number of nitrogens with one attached hydrogen (secondary N) is 1. The molecule has 0 saturated heterocycles. The summed E-state index contributed by atoms with van der Waals surface area (Å²) in [5.41, 5.74) is 1.84. The van der Waals surface area contributed by atoms with Crippen molar-refractivity contribution in [2.24, 2.45) is 0 Å². The molecule has 1 amide bonds. The van der Waals surface area contributed by atoms with E-state index in [4.69, 9.17) is 16.3 Å². The molecular weight excluding hydrogens is 328 g/mol. The largest absolute Gasteiger partial charge is 0.491 e. The topological polar surface area (TPSA) is 68.5 Å². The summed E-state index contributed by atoms with van der Waals surface area (Å²) in [5.74, 6) is 0.544. The van der Waals surface area contributed by atoms with Crippen LogP contribution in [0.4, 0.5) is 0 Å². The van der Waals surface area contributed by atoms with Crippen molar-refractivity contribution >= 4 is 23.2 Å². The van der Waals surface area contributed by atoms with Crippen LogP contribution < -0.4 is 10.1 Å². The number of benzene rings is 1. The van der Waals surface area contributed by atoms with E-state index >= 15 is 0 Å². The average molecular weight is 345 g/mol. The molecule has 3 rings (SSSR count). The van der Waals surface area contributed by atoms with Crippen molar-refractivity contribution in [1.29, 1.82) is 0 Å². The molecule has 0 spiro atoms. The van der Waals surface area contributed by atoms with Gasteiger partial charge in [0.15, 0.2) is 5.65 Å². The first-order chi connectivity index (χ1) is 11.5. The summed E-state index contributed by atoms with van der Waals surface area (Å²) in [6.45, 7) is 4.36. The van der Waals surface area contributed by atoms with Crippen LogP contribution in [-0.4, -0.2) is 26.6 Å². The van der Waals surface area contributed by atoms with Crippen LogP contribution in [0.1, 0.15) is 29.9 Å². The van der Waals surface area contributed by atoms with E-state index in [1.807, 2.05) is 38.1 Å². The molecule has 0 aliphatic rings. The lowest BCUT2D eigenvalue weighted by Gasteiger charge is -2.10. The van der Waals surface area contributed by atoms with Crippen LogP contribution in [0, 0.1) is 0 Å². The number of carbonyl (C=O) groups excluding carboxylic acids is 1. The summed E-state index contributed by atoms with van der Waals surface area (Å²) < 4.78 is 7.07. The van der Waals surface area contributed by atoms with Gasteiger partial charge in [-0.05, 0) is 43.7 Å². The van der Waals surface area contributed by atoms with Crippen molar-refractivity contribution in [2.45, 2.75) is 26.5 Å². The fourth-order valence-electron chi connectivity index (χ4n) is 2.20. The number of halogens is 1. The minimum Gasteiger partial charge on any atom is -0.491 e. The molecule has 2 aromatic heterocycles. The van der Waals surface area contributed by atoms with Crippen LogP contribution in [0.5, 0.6) is 5.75 Å². The number of rotatable bonds is 5. The third kappa shape index (κ3) is 3.83. The van der Waals surface area contributed by atoms with Crippen molar-refractivity contribution in [1.82, 2.24) is 19.9 Å². The van der Waals surface area contributed by atoms with Crippen molar-refractivity contribution < 1.29 is 9.53 Å². The number of hydrogen-bond acceptors (Lipinski definition) is 4. The van der Waals surface area contributed by atoms with Gasteiger partial charge in [-0.25, -0.2) is 9.50 Å². The van der Waals surface area contributed by atoms with Gasteiger partial charge in [0.2, 0.25) is 0 Å². The van der Waals surface area contributed by atoms with Gasteiger partial charge in [-0.2, -0.15) is 5.10 Å². The highest BCUT2D eigenvalue weighted by molar-refractivity contribution is 6.29. The second kappa shape index (κ2) is 6.88. The van der Waals surface area contributed by atoms with Crippen molar-refractivity contribution in [3.8, 4) is 5.75 Å². The van der Waals surface area contributed by atoms with E-state index in [2.05, 4.69) is 15.4 Å². The Labute approximate surface area is 144 Å². The van der Waals surface area contributed by atoms with Crippen molar-refractivity contribution in [2.75, 3.05) is 0 Å². The normalized spacial score (nSPS) is 11.0. The van der Waals surface area contributed by atoms with Crippen molar-refractivity contribution in [3.05, 3.63) is 59.0 Å². The Kier molecular flexibility index (Phi) is 4.66. The highest BCUT2D eigenvalue weighted by Gasteiger charge is 2.11. The highest BCUT2D eigenvalue weighted by Crippen LogP contribution is 2.14. The Balaban J connectivity index is 1.63. The molecule has 0 saturated carbocycles. The average Bonchev–Trinajstić information content (AvgIpc) is 2.96. The van der Waals surface area contributed by atoms with E-state index in [-0.39, 0.29) is 12.0 Å². The van der Waals surface area contributed by atoms with Gasteiger partial charge in [0.05, 0.1) is 12.3 Å². The van der Waals surface area contributed by atoms with Gasteiger partial charge in [-0.1, -0.05) is 23.7 Å². The lowest BCUT2D eigenvalue weighted by molar-refractivity contribution is 0.0946. The predicted octanol–water partition coefficient (Wildman–Crippen LogP) is 3.10. The monoisotopic (exact) mass is 344 g/mol. The van der Waals surface area contributed by atoms with E-state index in [0.29, 0.717) is 23.0 Å². The quantitative estimate of drug-likeness (QED) is 0.772. The Hall–Kier alpha value is -2.60. The minimum absolute atomic E-state index is 0.132. The molecule has 0 unspecified atom stereocenters. The lowest BCUT2D eigenvalue weighted by Crippen LogP contribution is -2.23. The Bertz CT molecular complexity index is 859. The minimum atomic E-state index is -0.265. The summed E-state index contributed by atoms with van der Waals surface area (Å²) in [7, 11) is 0. The SMILES string of the molecule is CC(C)Oc1ccc(CNC(=O)c2cn3nc(Cl)ccc3n2)cc1. The summed E-state index contributed by atoms with van der Waals surface area (Å²) in [6.07, 6.45) is 1.68. The molecule has 124 valence electrons. The van der Waals surface area contributed by atoms with E-state index in [1.165, 1.54) is 4.52 Å². The zero-order chi connectivity index (χ0) is 17.1. The number of carbonyl (C=O) groups is 1. The molecule has 7 heteroatoms. The molecule has 0 fully saturated rings. The number of imidazole rings is 1. The summed E-state index contributed by atoms with van der Waals surface area (Å²) in [4.78, 5) is 16.4. The highest BCUT2D eigenvalue weighted by atomic mass is 35.5. The zero-order valence-corrected chi connectivity index (χ0v) is 14.1. The molecule has 0 atom stereocenters. The summed E-state index contributed by atoms with van der Waals surface area (Å²) in [5, 5.41) is 7.23. The first kappa shape index (κ1) is 16.3. The molecule has 0 radical (unpaired) electrons. The fourth-order valence-corrected chi connectivity index (χ4v) is 2.34. The van der Waals surface area contributed by atoms with E-state index in [0.717, 1.165) is 11.3 Å². The fraction of sp³-hybridized carbons (Fsp3) is 0.235. The van der Waals surface area contributed by atoms with E-state index < -0.39 is 0 Å². The number of aromatic nitrogens is 3. The first-order valence-corrected chi connectivity index (χ1v) is 7.95. The van der Waals surface area contributed by atoms with Crippen LogP contribution in [0.15, 0.2) is 42.6 Å². The predicted molar refractivity (Wildman–Crippen MR) is 91.4 cm³/mol. The van der Waals surface area contributed by atoms with Gasteiger partial charge in [0, 0.05) is 6.54 Å². The third-order valence-electron chi connectivity index (χ3n) is 3.27. The Morgan fingerprint density at radius 2 is 2.00 bits per heavy atom. The number of amides is 1. The maximum Gasteiger partial charge on any atom is 0.271 e. The maximum absolute atomic E-state index is 12.2. The second-order valence-electron chi connectivity index (χ2n) is 5.58. The summed E-state index contributed by atoms with van der Waals surface area (Å²) in [6, 6.07) is 11.0. The van der Waals surface area contributed by atoms with Crippen LogP contribution >= 0.6 is 11.6 Å². The van der Waals surface area contributed by atoms with Crippen LogP contribution in [-0.2, 0) is 6.54 Å². The third-order valence-corrected chi connectivity index (χ3v) is 3.47. The maximum atomic E-state index is 12.2. The van der Waals surface area contributed by atoms with E-state index in [9.17, 15) is 4.79 Å². The lowest BCUT2D eigenvalue weighted by atomic mass is 10.2. The number of fused-ring (bicyclic) bond motifs is 1. The van der Waals surface area contributed by atoms with Gasteiger partial charge >= 0.3 is 0 Å².